The van der Waals surface area contributed by atoms with Gasteiger partial charge >= 0.3 is 0 Å². The van der Waals surface area contributed by atoms with Gasteiger partial charge in [-0.05, 0) is 45.7 Å². The zero-order chi connectivity index (χ0) is 21.3. The number of piperidine rings is 1. The molecule has 0 spiro atoms. The Morgan fingerprint density at radius 2 is 1.83 bits per heavy atom. The number of hydrogen-bond donors (Lipinski definition) is 1. The molecule has 1 unspecified atom stereocenters. The van der Waals surface area contributed by atoms with Crippen LogP contribution in [0, 0.1) is 12.8 Å². The molecule has 0 saturated carbocycles. The largest absolute Gasteiger partial charge is 0.489 e. The number of nitrogens with one attached hydrogen (secondary N) is 1. The number of carbonyl (C=O) groups is 1. The van der Waals surface area contributed by atoms with Crippen molar-refractivity contribution in [2.24, 2.45) is 10.9 Å². The summed E-state index contributed by atoms with van der Waals surface area (Å²) in [4.78, 5) is 21.8. The summed E-state index contributed by atoms with van der Waals surface area (Å²) in [5.74, 6) is 2.19. The summed E-state index contributed by atoms with van der Waals surface area (Å²) in [5, 5.41) is 3.39. The Morgan fingerprint density at radius 1 is 1.17 bits per heavy atom. The summed E-state index contributed by atoms with van der Waals surface area (Å²) < 4.78 is 11.4. The van der Waals surface area contributed by atoms with Crippen LogP contribution in [-0.2, 0) is 9.53 Å². The minimum Gasteiger partial charge on any atom is -0.489 e. The molecule has 0 bridgehead atoms. The van der Waals surface area contributed by atoms with Crippen LogP contribution in [0.25, 0.3) is 0 Å². The van der Waals surface area contributed by atoms with Crippen LogP contribution < -0.4 is 10.1 Å². The highest BCUT2D eigenvalue weighted by atomic mass is 16.5. The topological polar surface area (TPSA) is 66.4 Å². The maximum atomic E-state index is 12.8. The highest BCUT2D eigenvalue weighted by molar-refractivity contribution is 5.82. The first kappa shape index (κ1) is 22.4. The van der Waals surface area contributed by atoms with Crippen LogP contribution in [0.1, 0.15) is 32.3 Å². The van der Waals surface area contributed by atoms with Crippen LogP contribution in [0.3, 0.4) is 0 Å². The Hall–Kier alpha value is -2.28. The summed E-state index contributed by atoms with van der Waals surface area (Å²) in [7, 11) is 0. The van der Waals surface area contributed by atoms with Gasteiger partial charge in [-0.15, -0.1) is 0 Å². The molecule has 1 aromatic carbocycles. The molecule has 1 amide bonds. The predicted octanol–water partition coefficient (Wildman–Crippen LogP) is 2.30. The second kappa shape index (κ2) is 11.2. The number of aryl methyl sites for hydroxylation is 1. The highest BCUT2D eigenvalue weighted by Gasteiger charge is 2.30. The van der Waals surface area contributed by atoms with Gasteiger partial charge in [-0.2, -0.15) is 0 Å². The molecule has 30 heavy (non-hydrogen) atoms. The van der Waals surface area contributed by atoms with Crippen molar-refractivity contribution in [3.05, 3.63) is 29.8 Å². The molecule has 1 atom stereocenters. The van der Waals surface area contributed by atoms with E-state index in [0.717, 1.165) is 57.3 Å². The fourth-order valence-corrected chi connectivity index (χ4v) is 3.91. The highest BCUT2D eigenvalue weighted by Crippen LogP contribution is 2.20. The lowest BCUT2D eigenvalue weighted by Crippen LogP contribution is -2.50. The molecule has 0 aliphatic carbocycles. The third-order valence-electron chi connectivity index (χ3n) is 5.66. The minimum absolute atomic E-state index is 0.0122. The minimum atomic E-state index is -0.0122. The Kier molecular flexibility index (Phi) is 8.37. The average Bonchev–Trinajstić information content (AvgIpc) is 2.78. The number of aliphatic imine (C=N–C) groups is 1. The zero-order valence-electron chi connectivity index (χ0n) is 18.6. The summed E-state index contributed by atoms with van der Waals surface area (Å²) in [5.41, 5.74) is 1.22. The summed E-state index contributed by atoms with van der Waals surface area (Å²) in [6.07, 6.45) is 1.73. The van der Waals surface area contributed by atoms with E-state index in [-0.39, 0.29) is 12.0 Å². The molecule has 3 rings (SSSR count). The van der Waals surface area contributed by atoms with Crippen molar-refractivity contribution >= 4 is 11.9 Å². The first-order valence-corrected chi connectivity index (χ1v) is 11.2. The van der Waals surface area contributed by atoms with E-state index >= 15 is 0 Å². The van der Waals surface area contributed by atoms with Gasteiger partial charge in [0.1, 0.15) is 11.9 Å². The molecule has 1 aromatic rings. The molecule has 2 aliphatic rings. The Labute approximate surface area is 180 Å². The van der Waals surface area contributed by atoms with Gasteiger partial charge in [0.2, 0.25) is 5.91 Å². The monoisotopic (exact) mass is 416 g/mol. The molecular formula is C23H36N4O3. The number of rotatable bonds is 6. The zero-order valence-corrected chi connectivity index (χ0v) is 18.6. The Morgan fingerprint density at radius 3 is 2.47 bits per heavy atom. The van der Waals surface area contributed by atoms with Crippen LogP contribution in [-0.4, -0.2) is 80.3 Å². The lowest BCUT2D eigenvalue weighted by atomic mass is 9.95. The van der Waals surface area contributed by atoms with Crippen LogP contribution in [0.2, 0.25) is 0 Å². The standard InChI is InChI=1S/C23H36N4O3/c1-4-24-23(25-17-19(3)30-21-7-5-18(2)6-8-21)27-11-9-20(10-12-27)22(28)26-13-15-29-16-14-26/h5-8,19-20H,4,9-17H2,1-3H3,(H,24,25). The number of hydrogen-bond acceptors (Lipinski definition) is 4. The third kappa shape index (κ3) is 6.36. The number of guanidine groups is 1. The molecule has 0 radical (unpaired) electrons. The lowest BCUT2D eigenvalue weighted by molar-refractivity contribution is -0.140. The van der Waals surface area contributed by atoms with E-state index in [9.17, 15) is 4.79 Å². The van der Waals surface area contributed by atoms with Crippen molar-refractivity contribution in [2.75, 3.05) is 52.5 Å². The lowest BCUT2D eigenvalue weighted by Gasteiger charge is -2.36. The van der Waals surface area contributed by atoms with E-state index < -0.39 is 0 Å². The number of ether oxygens (including phenoxy) is 2. The maximum Gasteiger partial charge on any atom is 0.225 e. The quantitative estimate of drug-likeness (QED) is 0.569. The van der Waals surface area contributed by atoms with Gasteiger partial charge in [0, 0.05) is 38.6 Å². The van der Waals surface area contributed by atoms with Crippen LogP contribution in [0.15, 0.2) is 29.3 Å². The van der Waals surface area contributed by atoms with E-state index in [2.05, 4.69) is 36.2 Å². The van der Waals surface area contributed by atoms with Crippen LogP contribution >= 0.6 is 0 Å². The molecule has 2 aliphatic heterocycles. The van der Waals surface area contributed by atoms with Gasteiger partial charge in [0.05, 0.1) is 19.8 Å². The second-order valence-corrected chi connectivity index (χ2v) is 8.14. The summed E-state index contributed by atoms with van der Waals surface area (Å²) >= 11 is 0. The van der Waals surface area contributed by atoms with Gasteiger partial charge in [-0.1, -0.05) is 17.7 Å². The number of carbonyl (C=O) groups excluding carboxylic acids is 1. The SMILES string of the molecule is CCNC(=NCC(C)Oc1ccc(C)cc1)N1CCC(C(=O)N2CCOCC2)CC1. The molecule has 2 saturated heterocycles. The molecular weight excluding hydrogens is 380 g/mol. The summed E-state index contributed by atoms with van der Waals surface area (Å²) in [6.45, 7) is 12.1. The third-order valence-corrected chi connectivity index (χ3v) is 5.66. The number of amides is 1. The van der Waals surface area contributed by atoms with E-state index in [4.69, 9.17) is 14.5 Å². The van der Waals surface area contributed by atoms with Crippen molar-refractivity contribution in [2.45, 2.75) is 39.7 Å². The normalized spacial score (nSPS) is 19.5. The molecule has 2 heterocycles. The van der Waals surface area contributed by atoms with Crippen molar-refractivity contribution in [1.29, 1.82) is 0 Å². The second-order valence-electron chi connectivity index (χ2n) is 8.14. The van der Waals surface area contributed by atoms with E-state index in [1.165, 1.54) is 5.56 Å². The number of nitrogens with zero attached hydrogens (tertiary/aromatic N) is 3. The van der Waals surface area contributed by atoms with Crippen LogP contribution in [0.5, 0.6) is 5.75 Å². The van der Waals surface area contributed by atoms with Crippen molar-refractivity contribution in [3.8, 4) is 5.75 Å². The van der Waals surface area contributed by atoms with Crippen molar-refractivity contribution < 1.29 is 14.3 Å². The van der Waals surface area contributed by atoms with Crippen LogP contribution in [0.4, 0.5) is 0 Å². The Balaban J connectivity index is 1.50. The Bertz CT molecular complexity index is 693. The number of morpholine rings is 1. The van der Waals surface area contributed by atoms with Crippen molar-refractivity contribution in [1.82, 2.24) is 15.1 Å². The number of likely N-dealkylation sites (tertiary alicyclic amines) is 1. The number of benzene rings is 1. The van der Waals surface area contributed by atoms with Gasteiger partial charge in [0.25, 0.3) is 0 Å². The van der Waals surface area contributed by atoms with E-state index in [1.54, 1.807) is 0 Å². The van der Waals surface area contributed by atoms with E-state index in [0.29, 0.717) is 25.7 Å². The predicted molar refractivity (Wildman–Crippen MR) is 119 cm³/mol. The van der Waals surface area contributed by atoms with Gasteiger partial charge in [-0.25, -0.2) is 4.99 Å². The molecule has 2 fully saturated rings. The molecule has 0 aromatic heterocycles. The molecule has 7 nitrogen and oxygen atoms in total. The molecule has 7 heteroatoms. The fourth-order valence-electron chi connectivity index (χ4n) is 3.91. The maximum absolute atomic E-state index is 12.8. The van der Waals surface area contributed by atoms with Gasteiger partial charge in [0.15, 0.2) is 5.96 Å². The fraction of sp³-hybridized carbons (Fsp3) is 0.652. The average molecular weight is 417 g/mol. The van der Waals surface area contributed by atoms with Gasteiger partial charge in [-0.3, -0.25) is 4.79 Å². The first-order chi connectivity index (χ1) is 14.6. The molecule has 1 N–H and O–H groups in total. The van der Waals surface area contributed by atoms with E-state index in [1.807, 2.05) is 24.0 Å². The smallest absolute Gasteiger partial charge is 0.225 e. The molecule has 166 valence electrons. The summed E-state index contributed by atoms with van der Waals surface area (Å²) in [6, 6.07) is 8.10. The first-order valence-electron chi connectivity index (χ1n) is 11.2. The van der Waals surface area contributed by atoms with Crippen molar-refractivity contribution in [3.63, 3.8) is 0 Å². The van der Waals surface area contributed by atoms with Gasteiger partial charge < -0.3 is 24.6 Å².